The number of esters is 1. The van der Waals surface area contributed by atoms with Crippen LogP contribution in [0.5, 0.6) is 0 Å². The third kappa shape index (κ3) is 2.35. The van der Waals surface area contributed by atoms with Crippen molar-refractivity contribution in [3.63, 3.8) is 0 Å². The van der Waals surface area contributed by atoms with Crippen LogP contribution in [0.4, 0.5) is 0 Å². The Bertz CT molecular complexity index is 493. The highest BCUT2D eigenvalue weighted by molar-refractivity contribution is 5.78. The summed E-state index contributed by atoms with van der Waals surface area (Å²) in [7, 11) is 0. The topological polar surface area (TPSA) is 83.5 Å². The highest BCUT2D eigenvalue weighted by atomic mass is 16.8. The Balaban J connectivity index is 2.03. The van der Waals surface area contributed by atoms with Crippen molar-refractivity contribution in [2.24, 2.45) is 0 Å². The van der Waals surface area contributed by atoms with Gasteiger partial charge in [-0.15, -0.1) is 0 Å². The number of ether oxygens (including phenoxy) is 5. The van der Waals surface area contributed by atoms with E-state index in [0.29, 0.717) is 0 Å². The third-order valence-electron chi connectivity index (χ3n) is 4.38. The third-order valence-corrected chi connectivity index (χ3v) is 4.38. The van der Waals surface area contributed by atoms with Gasteiger partial charge < -0.3 is 28.8 Å². The molecule has 3 aliphatic heterocycles. The zero-order valence-corrected chi connectivity index (χ0v) is 13.8. The SMILES string of the molecule is CC1(C)O[C@H]2OC(=O)[C@@H]3OC(C)(C)O[C@]3(C(C)(C)O)C[C@H]2O1. The summed E-state index contributed by atoms with van der Waals surface area (Å²) in [4.78, 5) is 12.5. The van der Waals surface area contributed by atoms with Crippen LogP contribution < -0.4 is 0 Å². The Labute approximate surface area is 129 Å². The quantitative estimate of drug-likeness (QED) is 0.724. The number of carbonyl (C=O) groups is 1. The number of hydrogen-bond acceptors (Lipinski definition) is 7. The second-order valence-corrected chi connectivity index (χ2v) is 7.63. The predicted octanol–water partition coefficient (Wildman–Crippen LogP) is 1.07. The van der Waals surface area contributed by atoms with Crippen molar-refractivity contribution in [3.8, 4) is 0 Å². The fraction of sp³-hybridized carbons (Fsp3) is 0.933. The van der Waals surface area contributed by atoms with Crippen molar-refractivity contribution in [1.29, 1.82) is 0 Å². The molecule has 0 saturated carbocycles. The van der Waals surface area contributed by atoms with Crippen molar-refractivity contribution < 1.29 is 33.6 Å². The van der Waals surface area contributed by atoms with Gasteiger partial charge in [-0.05, 0) is 41.5 Å². The van der Waals surface area contributed by atoms with Crippen molar-refractivity contribution in [3.05, 3.63) is 0 Å². The van der Waals surface area contributed by atoms with Crippen LogP contribution in [0, 0.1) is 0 Å². The lowest BCUT2D eigenvalue weighted by atomic mass is 9.77. The van der Waals surface area contributed by atoms with E-state index >= 15 is 0 Å². The molecule has 0 spiro atoms. The molecule has 3 heterocycles. The summed E-state index contributed by atoms with van der Waals surface area (Å²) >= 11 is 0. The summed E-state index contributed by atoms with van der Waals surface area (Å²) in [6, 6.07) is 0. The summed E-state index contributed by atoms with van der Waals surface area (Å²) in [5.41, 5.74) is -2.60. The molecule has 3 rings (SSSR count). The Kier molecular flexibility index (Phi) is 3.24. The van der Waals surface area contributed by atoms with Gasteiger partial charge in [0.15, 0.2) is 17.7 Å². The molecule has 3 fully saturated rings. The first-order valence-corrected chi connectivity index (χ1v) is 7.52. The largest absolute Gasteiger partial charge is 0.431 e. The Morgan fingerprint density at radius 3 is 2.32 bits per heavy atom. The summed E-state index contributed by atoms with van der Waals surface area (Å²) in [6.07, 6.45) is -2.18. The minimum Gasteiger partial charge on any atom is -0.431 e. The fourth-order valence-corrected chi connectivity index (χ4v) is 3.49. The van der Waals surface area contributed by atoms with Gasteiger partial charge in [0.25, 0.3) is 0 Å². The maximum absolute atomic E-state index is 12.5. The number of aliphatic hydroxyl groups is 1. The Morgan fingerprint density at radius 1 is 1.09 bits per heavy atom. The molecule has 0 unspecified atom stereocenters. The molecule has 0 radical (unpaired) electrons. The molecule has 3 aliphatic rings. The molecule has 7 nitrogen and oxygen atoms in total. The van der Waals surface area contributed by atoms with E-state index in [0.717, 1.165) is 0 Å². The molecule has 0 amide bonds. The van der Waals surface area contributed by atoms with Gasteiger partial charge in [0.1, 0.15) is 11.7 Å². The van der Waals surface area contributed by atoms with Gasteiger partial charge in [-0.2, -0.15) is 0 Å². The summed E-state index contributed by atoms with van der Waals surface area (Å²) in [6.45, 7) is 10.1. The van der Waals surface area contributed by atoms with Crippen LogP contribution in [0.3, 0.4) is 0 Å². The zero-order valence-electron chi connectivity index (χ0n) is 13.8. The molecule has 4 atom stereocenters. The number of hydrogen-bond donors (Lipinski definition) is 1. The summed E-state index contributed by atoms with van der Waals surface area (Å²) < 4.78 is 28.6. The lowest BCUT2D eigenvalue weighted by Gasteiger charge is -2.41. The van der Waals surface area contributed by atoms with Gasteiger partial charge in [0.05, 0.1) is 5.60 Å². The van der Waals surface area contributed by atoms with Crippen molar-refractivity contribution in [2.75, 3.05) is 0 Å². The standard InChI is InChI=1S/C15H24O7/c1-12(2,17)15-7-8-11(21-13(3,4)19-8)18-10(16)9(15)20-14(5,6)22-15/h8-9,11,17H,7H2,1-6H3/t8-,9+,11-,15-/m1/s1. The van der Waals surface area contributed by atoms with E-state index < -0.39 is 47.2 Å². The first kappa shape index (κ1) is 16.1. The van der Waals surface area contributed by atoms with E-state index in [1.54, 1.807) is 41.5 Å². The highest BCUT2D eigenvalue weighted by Crippen LogP contribution is 2.50. The van der Waals surface area contributed by atoms with Gasteiger partial charge in [-0.25, -0.2) is 4.79 Å². The number of rotatable bonds is 1. The molecule has 0 aliphatic carbocycles. The Hall–Kier alpha value is -0.730. The Morgan fingerprint density at radius 2 is 1.73 bits per heavy atom. The van der Waals surface area contributed by atoms with Crippen LogP contribution in [0.15, 0.2) is 0 Å². The van der Waals surface area contributed by atoms with Gasteiger partial charge >= 0.3 is 5.97 Å². The van der Waals surface area contributed by atoms with Crippen LogP contribution in [-0.2, 0) is 28.5 Å². The molecule has 0 aromatic carbocycles. The highest BCUT2D eigenvalue weighted by Gasteiger charge is 2.68. The molecular formula is C15H24O7. The van der Waals surface area contributed by atoms with Crippen LogP contribution >= 0.6 is 0 Å². The molecule has 1 N–H and O–H groups in total. The van der Waals surface area contributed by atoms with Crippen LogP contribution in [-0.4, -0.2) is 52.4 Å². The van der Waals surface area contributed by atoms with E-state index in [9.17, 15) is 9.90 Å². The van der Waals surface area contributed by atoms with Crippen LogP contribution in [0.1, 0.15) is 48.0 Å². The monoisotopic (exact) mass is 316 g/mol. The molecule has 3 saturated heterocycles. The van der Waals surface area contributed by atoms with Crippen molar-refractivity contribution in [2.45, 2.75) is 89.2 Å². The average molecular weight is 316 g/mol. The predicted molar refractivity (Wildman–Crippen MR) is 73.6 cm³/mol. The molecule has 0 aromatic rings. The van der Waals surface area contributed by atoms with Crippen molar-refractivity contribution >= 4 is 5.97 Å². The van der Waals surface area contributed by atoms with Crippen LogP contribution in [0.25, 0.3) is 0 Å². The lowest BCUT2D eigenvalue weighted by Crippen LogP contribution is -2.60. The minimum absolute atomic E-state index is 0.227. The van der Waals surface area contributed by atoms with Gasteiger partial charge in [0, 0.05) is 6.42 Å². The number of carbonyl (C=O) groups excluding carboxylic acids is 1. The second-order valence-electron chi connectivity index (χ2n) is 7.63. The number of fused-ring (bicyclic) bond motifs is 2. The second kappa shape index (κ2) is 4.42. The minimum atomic E-state index is -1.34. The first-order valence-electron chi connectivity index (χ1n) is 7.52. The van der Waals surface area contributed by atoms with E-state index in [4.69, 9.17) is 23.7 Å². The van der Waals surface area contributed by atoms with Gasteiger partial charge in [-0.1, -0.05) is 0 Å². The first-order chi connectivity index (χ1) is 9.85. The van der Waals surface area contributed by atoms with Gasteiger partial charge in [-0.3, -0.25) is 0 Å². The van der Waals surface area contributed by atoms with E-state index in [1.807, 2.05) is 0 Å². The maximum atomic E-state index is 12.5. The van der Waals surface area contributed by atoms with E-state index in [-0.39, 0.29) is 6.42 Å². The van der Waals surface area contributed by atoms with E-state index in [1.165, 1.54) is 0 Å². The lowest BCUT2D eigenvalue weighted by molar-refractivity contribution is -0.218. The normalized spacial score (nSPS) is 43.2. The summed E-state index contributed by atoms with van der Waals surface area (Å²) in [5, 5.41) is 10.7. The smallest absolute Gasteiger partial charge is 0.340 e. The average Bonchev–Trinajstić information content (AvgIpc) is 2.69. The zero-order chi connectivity index (χ0) is 16.6. The molecule has 0 bridgehead atoms. The van der Waals surface area contributed by atoms with E-state index in [2.05, 4.69) is 0 Å². The fourth-order valence-electron chi connectivity index (χ4n) is 3.49. The van der Waals surface area contributed by atoms with Crippen molar-refractivity contribution in [1.82, 2.24) is 0 Å². The van der Waals surface area contributed by atoms with Crippen LogP contribution in [0.2, 0.25) is 0 Å². The molecule has 0 aromatic heterocycles. The molecule has 7 heteroatoms. The van der Waals surface area contributed by atoms with Gasteiger partial charge in [0.2, 0.25) is 6.29 Å². The molecule has 126 valence electrons. The summed E-state index contributed by atoms with van der Waals surface area (Å²) in [5.74, 6) is -2.48. The molecular weight excluding hydrogens is 292 g/mol. The maximum Gasteiger partial charge on any atom is 0.340 e. The molecule has 22 heavy (non-hydrogen) atoms.